The second-order valence-corrected chi connectivity index (χ2v) is 4.94. The maximum Gasteiger partial charge on any atom is 0.243 e. The number of hydrogen-bond acceptors (Lipinski definition) is 5. The Balaban J connectivity index is 1.77. The number of aromatic nitrogens is 1. The van der Waals surface area contributed by atoms with Crippen molar-refractivity contribution in [3.05, 3.63) is 36.2 Å². The number of aryl methyl sites for hydroxylation is 1. The van der Waals surface area contributed by atoms with E-state index < -0.39 is 0 Å². The molecule has 110 valence electrons. The second-order valence-electron chi connectivity index (χ2n) is 4.94. The minimum Gasteiger partial charge on any atom is -0.445 e. The van der Waals surface area contributed by atoms with Gasteiger partial charge in [0.25, 0.3) is 0 Å². The van der Waals surface area contributed by atoms with Gasteiger partial charge in [-0.15, -0.1) is 0 Å². The van der Waals surface area contributed by atoms with Crippen LogP contribution in [0.4, 0.5) is 5.69 Å². The summed E-state index contributed by atoms with van der Waals surface area (Å²) in [4.78, 5) is 16.3. The van der Waals surface area contributed by atoms with E-state index in [1.54, 1.807) is 6.20 Å². The number of nitrogens with one attached hydrogen (secondary N) is 2. The highest BCUT2D eigenvalue weighted by molar-refractivity contribution is 5.95. The molecule has 2 aromatic rings. The summed E-state index contributed by atoms with van der Waals surface area (Å²) in [6.07, 6.45) is 3.13. The van der Waals surface area contributed by atoms with Crippen molar-refractivity contribution < 1.29 is 13.9 Å². The molecule has 1 atom stereocenters. The molecular weight excluding hydrogens is 270 g/mol. The first-order chi connectivity index (χ1) is 10.2. The molecule has 1 amide bonds. The number of benzene rings is 1. The van der Waals surface area contributed by atoms with E-state index in [-0.39, 0.29) is 11.9 Å². The predicted molar refractivity (Wildman–Crippen MR) is 77.9 cm³/mol. The van der Waals surface area contributed by atoms with Gasteiger partial charge in [0.1, 0.15) is 12.3 Å². The van der Waals surface area contributed by atoms with Crippen LogP contribution in [0.15, 0.2) is 35.1 Å². The summed E-state index contributed by atoms with van der Waals surface area (Å²) in [5.74, 6) is 0.444. The van der Waals surface area contributed by atoms with Gasteiger partial charge in [-0.25, -0.2) is 4.98 Å². The first-order valence-corrected chi connectivity index (χ1v) is 6.86. The van der Waals surface area contributed by atoms with Gasteiger partial charge in [0.2, 0.25) is 11.8 Å². The number of carbonyl (C=O) groups is 1. The maximum atomic E-state index is 12.2. The fourth-order valence-electron chi connectivity index (χ4n) is 2.25. The third kappa shape index (κ3) is 3.12. The summed E-state index contributed by atoms with van der Waals surface area (Å²) in [5, 5.41) is 6.02. The lowest BCUT2D eigenvalue weighted by Crippen LogP contribution is -2.48. The number of carbonyl (C=O) groups excluding carboxylic acids is 1. The molecule has 1 saturated heterocycles. The van der Waals surface area contributed by atoms with Crippen LogP contribution in [0.2, 0.25) is 0 Å². The summed E-state index contributed by atoms with van der Waals surface area (Å²) in [7, 11) is 0. The Kier molecular flexibility index (Phi) is 3.98. The van der Waals surface area contributed by atoms with E-state index in [0.29, 0.717) is 31.3 Å². The highest BCUT2D eigenvalue weighted by Crippen LogP contribution is 2.25. The SMILES string of the molecule is Cc1ccc(NC(=O)C2COCCN2)cc1-c1ncco1. The first kappa shape index (κ1) is 13.8. The summed E-state index contributed by atoms with van der Waals surface area (Å²) in [6, 6.07) is 5.34. The van der Waals surface area contributed by atoms with Gasteiger partial charge in [0.05, 0.1) is 19.4 Å². The van der Waals surface area contributed by atoms with E-state index in [4.69, 9.17) is 9.15 Å². The van der Waals surface area contributed by atoms with Gasteiger partial charge in [-0.05, 0) is 24.6 Å². The molecular formula is C15H17N3O3. The predicted octanol–water partition coefficient (Wildman–Crippen LogP) is 1.58. The zero-order valence-electron chi connectivity index (χ0n) is 11.8. The maximum absolute atomic E-state index is 12.2. The minimum atomic E-state index is -0.315. The van der Waals surface area contributed by atoms with Crippen LogP contribution in [0, 0.1) is 6.92 Å². The standard InChI is InChI=1S/C15H17N3O3/c1-10-2-3-11(8-12(10)15-17-5-7-21-15)18-14(19)13-9-20-6-4-16-13/h2-3,5,7-8,13,16H,4,6,9H2,1H3,(H,18,19). The molecule has 1 aliphatic heterocycles. The molecule has 0 bridgehead atoms. The average molecular weight is 287 g/mol. The van der Waals surface area contributed by atoms with Gasteiger partial charge in [0.15, 0.2) is 0 Å². The fraction of sp³-hybridized carbons (Fsp3) is 0.333. The van der Waals surface area contributed by atoms with Gasteiger partial charge in [-0.2, -0.15) is 0 Å². The molecule has 1 aliphatic rings. The molecule has 0 aliphatic carbocycles. The summed E-state index contributed by atoms with van der Waals surface area (Å²) in [5.41, 5.74) is 2.62. The van der Waals surface area contributed by atoms with Crippen LogP contribution >= 0.6 is 0 Å². The molecule has 0 radical (unpaired) electrons. The molecule has 6 nitrogen and oxygen atoms in total. The van der Waals surface area contributed by atoms with E-state index >= 15 is 0 Å². The largest absolute Gasteiger partial charge is 0.445 e. The second kappa shape index (κ2) is 6.07. The van der Waals surface area contributed by atoms with Crippen LogP contribution in [0.3, 0.4) is 0 Å². The van der Waals surface area contributed by atoms with Crippen molar-refractivity contribution in [1.82, 2.24) is 10.3 Å². The van der Waals surface area contributed by atoms with Crippen molar-refractivity contribution in [2.45, 2.75) is 13.0 Å². The lowest BCUT2D eigenvalue weighted by molar-refractivity contribution is -0.120. The molecule has 21 heavy (non-hydrogen) atoms. The van der Waals surface area contributed by atoms with Crippen molar-refractivity contribution in [3.8, 4) is 11.5 Å². The number of hydrogen-bond donors (Lipinski definition) is 2. The zero-order valence-corrected chi connectivity index (χ0v) is 11.8. The topological polar surface area (TPSA) is 76.4 Å². The van der Waals surface area contributed by atoms with Gasteiger partial charge < -0.3 is 19.8 Å². The summed E-state index contributed by atoms with van der Waals surface area (Å²) < 4.78 is 10.6. The number of nitrogens with zero attached hydrogens (tertiary/aromatic N) is 1. The van der Waals surface area contributed by atoms with E-state index in [1.165, 1.54) is 6.26 Å². The van der Waals surface area contributed by atoms with Gasteiger partial charge in [0, 0.05) is 17.8 Å². The minimum absolute atomic E-state index is 0.100. The normalized spacial score (nSPS) is 18.4. The Morgan fingerprint density at radius 3 is 3.10 bits per heavy atom. The highest BCUT2D eigenvalue weighted by atomic mass is 16.5. The number of amides is 1. The third-order valence-electron chi connectivity index (χ3n) is 3.41. The zero-order chi connectivity index (χ0) is 14.7. The van der Waals surface area contributed by atoms with E-state index in [9.17, 15) is 4.79 Å². The van der Waals surface area contributed by atoms with E-state index in [0.717, 1.165) is 11.1 Å². The fourth-order valence-corrected chi connectivity index (χ4v) is 2.25. The van der Waals surface area contributed by atoms with Crippen molar-refractivity contribution >= 4 is 11.6 Å². The summed E-state index contributed by atoms with van der Waals surface area (Å²) >= 11 is 0. The average Bonchev–Trinajstić information content (AvgIpc) is 3.04. The molecule has 3 rings (SSSR count). The number of ether oxygens (including phenoxy) is 1. The molecule has 1 unspecified atom stereocenters. The van der Waals surface area contributed by atoms with Gasteiger partial charge in [-0.1, -0.05) is 6.07 Å². The van der Waals surface area contributed by atoms with Crippen molar-refractivity contribution in [1.29, 1.82) is 0 Å². The van der Waals surface area contributed by atoms with Crippen LogP contribution < -0.4 is 10.6 Å². The molecule has 1 aromatic carbocycles. The Hall–Kier alpha value is -2.18. The molecule has 1 aromatic heterocycles. The third-order valence-corrected chi connectivity index (χ3v) is 3.41. The number of anilines is 1. The van der Waals surface area contributed by atoms with Crippen LogP contribution in [0.5, 0.6) is 0 Å². The molecule has 2 N–H and O–H groups in total. The summed E-state index contributed by atoms with van der Waals surface area (Å²) in [6.45, 7) is 3.70. The lowest BCUT2D eigenvalue weighted by atomic mass is 10.1. The van der Waals surface area contributed by atoms with Crippen LogP contribution in [0.1, 0.15) is 5.56 Å². The lowest BCUT2D eigenvalue weighted by Gasteiger charge is -2.23. The number of rotatable bonds is 3. The molecule has 6 heteroatoms. The van der Waals surface area contributed by atoms with Crippen molar-refractivity contribution in [2.24, 2.45) is 0 Å². The Bertz CT molecular complexity index is 619. The van der Waals surface area contributed by atoms with Gasteiger partial charge >= 0.3 is 0 Å². The van der Waals surface area contributed by atoms with Gasteiger partial charge in [-0.3, -0.25) is 4.79 Å². The van der Waals surface area contributed by atoms with Crippen LogP contribution in [-0.2, 0) is 9.53 Å². The van der Waals surface area contributed by atoms with Crippen molar-refractivity contribution in [2.75, 3.05) is 25.1 Å². The molecule has 2 heterocycles. The quantitative estimate of drug-likeness (QED) is 0.896. The first-order valence-electron chi connectivity index (χ1n) is 6.86. The number of morpholine rings is 1. The highest BCUT2D eigenvalue weighted by Gasteiger charge is 2.21. The van der Waals surface area contributed by atoms with E-state index in [1.807, 2.05) is 25.1 Å². The monoisotopic (exact) mass is 287 g/mol. The Labute approximate surface area is 122 Å². The van der Waals surface area contributed by atoms with Crippen LogP contribution in [0.25, 0.3) is 11.5 Å². The smallest absolute Gasteiger partial charge is 0.243 e. The number of oxazole rings is 1. The molecule has 0 saturated carbocycles. The molecule has 0 spiro atoms. The Morgan fingerprint density at radius 2 is 2.38 bits per heavy atom. The Morgan fingerprint density at radius 1 is 1.48 bits per heavy atom. The van der Waals surface area contributed by atoms with E-state index in [2.05, 4.69) is 15.6 Å². The molecule has 1 fully saturated rings. The van der Waals surface area contributed by atoms with Crippen molar-refractivity contribution in [3.63, 3.8) is 0 Å². The van der Waals surface area contributed by atoms with Crippen LogP contribution in [-0.4, -0.2) is 36.7 Å².